The van der Waals surface area contributed by atoms with Crippen LogP contribution in [0.15, 0.2) is 36.4 Å². The highest BCUT2D eigenvalue weighted by molar-refractivity contribution is 6.35. The van der Waals surface area contributed by atoms with E-state index in [-0.39, 0.29) is 22.6 Å². The average Bonchev–Trinajstić information content (AvgIpc) is 3.37. The van der Waals surface area contributed by atoms with Gasteiger partial charge in [-0.05, 0) is 69.0 Å². The number of likely N-dealkylation sites (tertiary alicyclic amines) is 1. The smallest absolute Gasteiger partial charge is 0.338 e. The van der Waals surface area contributed by atoms with E-state index in [1.807, 2.05) is 26.0 Å². The lowest BCUT2D eigenvalue weighted by molar-refractivity contribution is -0.138. The molecule has 3 amide bonds. The van der Waals surface area contributed by atoms with Crippen LogP contribution in [0.2, 0.25) is 0 Å². The van der Waals surface area contributed by atoms with Gasteiger partial charge in [0.15, 0.2) is 6.10 Å². The maximum Gasteiger partial charge on any atom is 0.338 e. The first-order chi connectivity index (χ1) is 14.8. The van der Waals surface area contributed by atoms with E-state index in [2.05, 4.69) is 0 Å². The van der Waals surface area contributed by atoms with Crippen LogP contribution in [-0.2, 0) is 9.53 Å². The van der Waals surface area contributed by atoms with Crippen molar-refractivity contribution < 1.29 is 23.9 Å². The molecule has 1 fully saturated rings. The number of fused-ring (bicyclic) bond motifs is 1. The second-order valence-corrected chi connectivity index (χ2v) is 8.08. The number of ether oxygens (including phenoxy) is 1. The minimum atomic E-state index is -0.914. The summed E-state index contributed by atoms with van der Waals surface area (Å²) >= 11 is 0. The third-order valence-corrected chi connectivity index (χ3v) is 5.78. The van der Waals surface area contributed by atoms with Gasteiger partial charge in [0.1, 0.15) is 0 Å². The zero-order valence-electron chi connectivity index (χ0n) is 17.8. The summed E-state index contributed by atoms with van der Waals surface area (Å²) in [6.07, 6.45) is 0.983. The topological polar surface area (TPSA) is 84.0 Å². The fourth-order valence-electron chi connectivity index (χ4n) is 4.02. The van der Waals surface area contributed by atoms with Crippen LogP contribution in [0.4, 0.5) is 5.69 Å². The molecule has 2 aliphatic rings. The van der Waals surface area contributed by atoms with Crippen molar-refractivity contribution in [2.45, 2.75) is 39.7 Å². The summed E-state index contributed by atoms with van der Waals surface area (Å²) in [4.78, 5) is 53.8. The monoisotopic (exact) mass is 420 g/mol. The zero-order chi connectivity index (χ0) is 22.3. The first kappa shape index (κ1) is 20.8. The molecule has 0 saturated carbocycles. The largest absolute Gasteiger partial charge is 0.449 e. The summed E-state index contributed by atoms with van der Waals surface area (Å²) in [5, 5.41) is 0. The van der Waals surface area contributed by atoms with E-state index >= 15 is 0 Å². The molecule has 0 spiro atoms. The van der Waals surface area contributed by atoms with Crippen LogP contribution in [0, 0.1) is 13.8 Å². The van der Waals surface area contributed by atoms with E-state index in [0.717, 1.165) is 28.9 Å². The molecule has 2 aromatic carbocycles. The Labute approximate surface area is 180 Å². The molecule has 0 aliphatic carbocycles. The van der Waals surface area contributed by atoms with Crippen LogP contribution < -0.4 is 4.90 Å². The van der Waals surface area contributed by atoms with Gasteiger partial charge in [0.25, 0.3) is 17.7 Å². The predicted molar refractivity (Wildman–Crippen MR) is 114 cm³/mol. The summed E-state index contributed by atoms with van der Waals surface area (Å²) in [7, 11) is 0. The number of benzene rings is 2. The number of hydrogen-bond acceptors (Lipinski definition) is 5. The number of esters is 1. The number of anilines is 1. The number of amides is 3. The van der Waals surface area contributed by atoms with Crippen molar-refractivity contribution in [1.29, 1.82) is 0 Å². The summed E-state index contributed by atoms with van der Waals surface area (Å²) in [5.41, 5.74) is 2.78. The molecule has 2 aliphatic heterocycles. The molecule has 0 aromatic heterocycles. The molecule has 7 heteroatoms. The van der Waals surface area contributed by atoms with Crippen molar-refractivity contribution in [1.82, 2.24) is 4.90 Å². The molecule has 0 N–H and O–H groups in total. The van der Waals surface area contributed by atoms with Gasteiger partial charge in [-0.15, -0.1) is 0 Å². The fourth-order valence-corrected chi connectivity index (χ4v) is 4.02. The lowest BCUT2D eigenvalue weighted by Crippen LogP contribution is -2.38. The molecule has 0 radical (unpaired) electrons. The van der Waals surface area contributed by atoms with Gasteiger partial charge in [-0.2, -0.15) is 0 Å². The Bertz CT molecular complexity index is 1100. The molecule has 2 aromatic rings. The summed E-state index contributed by atoms with van der Waals surface area (Å²) in [6, 6.07) is 9.84. The van der Waals surface area contributed by atoms with Gasteiger partial charge in [-0.3, -0.25) is 14.4 Å². The van der Waals surface area contributed by atoms with E-state index in [4.69, 9.17) is 4.74 Å². The van der Waals surface area contributed by atoms with Crippen LogP contribution in [0.1, 0.15) is 62.0 Å². The molecule has 160 valence electrons. The Hall–Kier alpha value is -3.48. The fraction of sp³-hybridized carbons (Fsp3) is 0.333. The molecular formula is C24H24N2O5. The first-order valence-electron chi connectivity index (χ1n) is 10.4. The van der Waals surface area contributed by atoms with Crippen molar-refractivity contribution in [3.05, 3.63) is 64.2 Å². The Morgan fingerprint density at radius 2 is 1.61 bits per heavy atom. The molecule has 0 bridgehead atoms. The van der Waals surface area contributed by atoms with Crippen LogP contribution in [0.3, 0.4) is 0 Å². The Morgan fingerprint density at radius 1 is 0.935 bits per heavy atom. The van der Waals surface area contributed by atoms with Gasteiger partial charge in [0.05, 0.1) is 22.4 Å². The predicted octanol–water partition coefficient (Wildman–Crippen LogP) is 3.27. The lowest BCUT2D eigenvalue weighted by atomic mass is 10.1. The zero-order valence-corrected chi connectivity index (χ0v) is 17.8. The molecule has 1 atom stereocenters. The van der Waals surface area contributed by atoms with Crippen molar-refractivity contribution in [2.24, 2.45) is 0 Å². The van der Waals surface area contributed by atoms with Gasteiger partial charge < -0.3 is 9.64 Å². The number of aryl methyl sites for hydroxylation is 2. The SMILES string of the molecule is Cc1ccc(C)c(N2C(=O)c3ccc(C(=O)O[C@@H](C)C(=O)N4CCCC4)cc3C2=O)c1. The average molecular weight is 420 g/mol. The van der Waals surface area contributed by atoms with E-state index in [9.17, 15) is 19.2 Å². The first-order valence-corrected chi connectivity index (χ1v) is 10.4. The maximum absolute atomic E-state index is 13.0. The minimum absolute atomic E-state index is 0.129. The summed E-state index contributed by atoms with van der Waals surface area (Å²) in [5.74, 6) is -1.83. The number of imide groups is 1. The van der Waals surface area contributed by atoms with Crippen LogP contribution in [-0.4, -0.2) is 47.8 Å². The molecule has 31 heavy (non-hydrogen) atoms. The Balaban J connectivity index is 1.56. The number of nitrogens with zero attached hydrogens (tertiary/aromatic N) is 2. The number of carbonyl (C=O) groups is 4. The lowest BCUT2D eigenvalue weighted by Gasteiger charge is -2.20. The van der Waals surface area contributed by atoms with Gasteiger partial charge in [-0.1, -0.05) is 12.1 Å². The van der Waals surface area contributed by atoms with Crippen LogP contribution >= 0.6 is 0 Å². The Kier molecular flexibility index (Phi) is 5.35. The molecule has 2 heterocycles. The maximum atomic E-state index is 13.0. The van der Waals surface area contributed by atoms with Crippen LogP contribution in [0.5, 0.6) is 0 Å². The molecule has 1 saturated heterocycles. The van der Waals surface area contributed by atoms with Gasteiger partial charge in [0, 0.05) is 13.1 Å². The third kappa shape index (κ3) is 3.71. The van der Waals surface area contributed by atoms with E-state index in [1.165, 1.54) is 18.2 Å². The third-order valence-electron chi connectivity index (χ3n) is 5.78. The highest BCUT2D eigenvalue weighted by atomic mass is 16.5. The Morgan fingerprint density at radius 3 is 2.32 bits per heavy atom. The van der Waals surface area contributed by atoms with Crippen molar-refractivity contribution >= 4 is 29.4 Å². The van der Waals surface area contributed by atoms with Crippen LogP contribution in [0.25, 0.3) is 0 Å². The molecule has 7 nitrogen and oxygen atoms in total. The van der Waals surface area contributed by atoms with E-state index in [0.29, 0.717) is 18.8 Å². The van der Waals surface area contributed by atoms with Crippen molar-refractivity contribution in [2.75, 3.05) is 18.0 Å². The van der Waals surface area contributed by atoms with E-state index < -0.39 is 23.9 Å². The minimum Gasteiger partial charge on any atom is -0.449 e. The van der Waals surface area contributed by atoms with Gasteiger partial charge in [0.2, 0.25) is 0 Å². The normalized spacial score (nSPS) is 16.5. The molecule has 4 rings (SSSR count). The van der Waals surface area contributed by atoms with Gasteiger partial charge >= 0.3 is 5.97 Å². The second kappa shape index (κ2) is 7.98. The standard InChI is InChI=1S/C24H24N2O5/c1-14-6-7-15(2)20(12-14)26-22(28)18-9-8-17(13-19(18)23(26)29)24(30)31-16(3)21(27)25-10-4-5-11-25/h6-9,12-13,16H,4-5,10-11H2,1-3H3/t16-/m0/s1. The van der Waals surface area contributed by atoms with E-state index in [1.54, 1.807) is 17.9 Å². The quantitative estimate of drug-likeness (QED) is 0.560. The highest BCUT2D eigenvalue weighted by Crippen LogP contribution is 2.32. The molecule has 0 unspecified atom stereocenters. The number of rotatable bonds is 4. The number of hydrogen-bond donors (Lipinski definition) is 0. The van der Waals surface area contributed by atoms with Crippen molar-refractivity contribution in [3.8, 4) is 0 Å². The van der Waals surface area contributed by atoms with Crippen molar-refractivity contribution in [3.63, 3.8) is 0 Å². The summed E-state index contributed by atoms with van der Waals surface area (Å²) in [6.45, 7) is 6.61. The molecular weight excluding hydrogens is 396 g/mol. The second-order valence-electron chi connectivity index (χ2n) is 8.08. The summed E-state index contributed by atoms with van der Waals surface area (Å²) < 4.78 is 5.34. The highest BCUT2D eigenvalue weighted by Gasteiger charge is 2.38. The van der Waals surface area contributed by atoms with Gasteiger partial charge in [-0.25, -0.2) is 9.69 Å². The number of carbonyl (C=O) groups excluding carboxylic acids is 4.